The van der Waals surface area contributed by atoms with E-state index in [1.54, 1.807) is 19.1 Å². The summed E-state index contributed by atoms with van der Waals surface area (Å²) in [6, 6.07) is 16.6. The minimum atomic E-state index is -0.721. The second-order valence-corrected chi connectivity index (χ2v) is 5.76. The van der Waals surface area contributed by atoms with Crippen molar-refractivity contribution < 1.29 is 19.2 Å². The number of nitro benzene ring substituents is 1. The normalized spacial score (nSPS) is 10.4. The number of benzene rings is 3. The third-order valence-electron chi connectivity index (χ3n) is 3.91. The molecule has 3 aromatic carbocycles. The molecule has 0 fully saturated rings. The van der Waals surface area contributed by atoms with Crippen LogP contribution in [-0.2, 0) is 4.74 Å². The van der Waals surface area contributed by atoms with E-state index in [0.717, 1.165) is 22.9 Å². The molecule has 3 rings (SSSR count). The van der Waals surface area contributed by atoms with E-state index < -0.39 is 16.8 Å². The number of ether oxygens (including phenoxy) is 1. The molecule has 0 saturated heterocycles. The molecule has 0 aliphatic carbocycles. The number of non-ortho nitro benzene ring substituents is 1. The van der Waals surface area contributed by atoms with Crippen molar-refractivity contribution in [2.24, 2.45) is 0 Å². The average molecular weight is 364 g/mol. The number of carbonyl (C=O) groups excluding carboxylic acids is 2. The van der Waals surface area contributed by atoms with Crippen molar-refractivity contribution in [2.75, 3.05) is 11.9 Å². The van der Waals surface area contributed by atoms with Crippen LogP contribution >= 0.6 is 0 Å². The number of rotatable bonds is 5. The van der Waals surface area contributed by atoms with E-state index in [0.29, 0.717) is 5.69 Å². The predicted molar refractivity (Wildman–Crippen MR) is 101 cm³/mol. The maximum Gasteiger partial charge on any atom is 0.338 e. The monoisotopic (exact) mass is 364 g/mol. The minimum Gasteiger partial charge on any atom is -0.462 e. The fraction of sp³-hybridized carbons (Fsp3) is 0.100. The number of esters is 1. The summed E-state index contributed by atoms with van der Waals surface area (Å²) in [6.07, 6.45) is 0. The van der Waals surface area contributed by atoms with Crippen molar-refractivity contribution >= 4 is 34.0 Å². The first-order valence-corrected chi connectivity index (χ1v) is 8.24. The van der Waals surface area contributed by atoms with Crippen LogP contribution in [0.25, 0.3) is 10.8 Å². The summed E-state index contributed by atoms with van der Waals surface area (Å²) in [5.74, 6) is -1.28. The van der Waals surface area contributed by atoms with Gasteiger partial charge in [-0.25, -0.2) is 4.79 Å². The van der Waals surface area contributed by atoms with E-state index >= 15 is 0 Å². The maximum absolute atomic E-state index is 12.6. The molecule has 1 amide bonds. The molecule has 0 aliphatic heterocycles. The molecule has 1 N–H and O–H groups in total. The zero-order valence-electron chi connectivity index (χ0n) is 14.5. The molecule has 27 heavy (non-hydrogen) atoms. The van der Waals surface area contributed by atoms with Gasteiger partial charge < -0.3 is 10.1 Å². The van der Waals surface area contributed by atoms with Gasteiger partial charge in [0.05, 0.1) is 17.1 Å². The predicted octanol–water partition coefficient (Wildman–Crippen LogP) is 4.18. The summed E-state index contributed by atoms with van der Waals surface area (Å²) >= 11 is 0. The Balaban J connectivity index is 1.92. The first kappa shape index (κ1) is 18.1. The summed E-state index contributed by atoms with van der Waals surface area (Å²) in [4.78, 5) is 35.0. The van der Waals surface area contributed by atoms with Crippen LogP contribution in [0.15, 0.2) is 60.7 Å². The number of nitro groups is 1. The highest BCUT2D eigenvalue weighted by molar-refractivity contribution is 6.07. The summed E-state index contributed by atoms with van der Waals surface area (Å²) < 4.78 is 4.87. The fourth-order valence-electron chi connectivity index (χ4n) is 2.65. The first-order valence-electron chi connectivity index (χ1n) is 8.24. The molecule has 0 aliphatic rings. The molecule has 7 heteroatoms. The van der Waals surface area contributed by atoms with Gasteiger partial charge in [-0.05, 0) is 35.9 Å². The molecule has 0 bridgehead atoms. The van der Waals surface area contributed by atoms with Gasteiger partial charge in [-0.3, -0.25) is 14.9 Å². The number of nitrogens with one attached hydrogen (secondary N) is 1. The Bertz CT molecular complexity index is 1050. The Labute approximate surface area is 154 Å². The number of nitrogens with zero attached hydrogens (tertiary/aromatic N) is 1. The summed E-state index contributed by atoms with van der Waals surface area (Å²) in [6.45, 7) is 1.75. The second kappa shape index (κ2) is 7.65. The standard InChI is InChI=1S/C20H16N2O5/c1-2-27-20(24)16-9-15(11-18(12-16)22(25)26)19(23)21-17-8-7-13-5-3-4-6-14(13)10-17/h3-12H,2H2,1H3,(H,21,23). The molecule has 7 nitrogen and oxygen atoms in total. The number of carbonyl (C=O) groups is 2. The first-order chi connectivity index (χ1) is 13.0. The van der Waals surface area contributed by atoms with Gasteiger partial charge in [0.25, 0.3) is 11.6 Å². The van der Waals surface area contributed by atoms with Crippen molar-refractivity contribution in [1.29, 1.82) is 0 Å². The lowest BCUT2D eigenvalue weighted by Gasteiger charge is -2.08. The summed E-state index contributed by atoms with van der Waals surface area (Å²) in [5, 5.41) is 15.8. The van der Waals surface area contributed by atoms with Gasteiger partial charge in [-0.15, -0.1) is 0 Å². The van der Waals surface area contributed by atoms with Gasteiger partial charge in [0, 0.05) is 23.4 Å². The Kier molecular flexibility index (Phi) is 5.12. The van der Waals surface area contributed by atoms with Gasteiger partial charge in [0.1, 0.15) is 0 Å². The van der Waals surface area contributed by atoms with Crippen molar-refractivity contribution in [2.45, 2.75) is 6.92 Å². The Morgan fingerprint density at radius 1 is 1.00 bits per heavy atom. The topological polar surface area (TPSA) is 98.5 Å². The molecular weight excluding hydrogens is 348 g/mol. The smallest absolute Gasteiger partial charge is 0.338 e. The maximum atomic E-state index is 12.6. The van der Waals surface area contributed by atoms with Crippen LogP contribution in [0, 0.1) is 10.1 Å². The number of fused-ring (bicyclic) bond motifs is 1. The fourth-order valence-corrected chi connectivity index (χ4v) is 2.65. The van der Waals surface area contributed by atoms with Gasteiger partial charge in [-0.2, -0.15) is 0 Å². The largest absolute Gasteiger partial charge is 0.462 e. The molecular formula is C20H16N2O5. The molecule has 0 unspecified atom stereocenters. The second-order valence-electron chi connectivity index (χ2n) is 5.76. The summed E-state index contributed by atoms with van der Waals surface area (Å²) in [7, 11) is 0. The van der Waals surface area contributed by atoms with Crippen LogP contribution in [0.4, 0.5) is 11.4 Å². The van der Waals surface area contributed by atoms with Crippen LogP contribution in [0.2, 0.25) is 0 Å². The lowest BCUT2D eigenvalue weighted by atomic mass is 10.1. The molecule has 3 aromatic rings. The van der Waals surface area contributed by atoms with E-state index in [9.17, 15) is 19.7 Å². The molecule has 0 aromatic heterocycles. The Morgan fingerprint density at radius 3 is 2.41 bits per heavy atom. The zero-order chi connectivity index (χ0) is 19.4. The third-order valence-corrected chi connectivity index (χ3v) is 3.91. The number of amides is 1. The third kappa shape index (κ3) is 4.09. The molecule has 0 radical (unpaired) electrons. The highest BCUT2D eigenvalue weighted by atomic mass is 16.6. The van der Waals surface area contributed by atoms with Crippen LogP contribution in [0.5, 0.6) is 0 Å². The van der Waals surface area contributed by atoms with Gasteiger partial charge in [-0.1, -0.05) is 30.3 Å². The number of anilines is 1. The van der Waals surface area contributed by atoms with Crippen molar-refractivity contribution in [3.05, 3.63) is 81.9 Å². The van der Waals surface area contributed by atoms with E-state index in [4.69, 9.17) is 4.74 Å². The quantitative estimate of drug-likeness (QED) is 0.416. The highest BCUT2D eigenvalue weighted by Gasteiger charge is 2.19. The van der Waals surface area contributed by atoms with E-state index in [1.165, 1.54) is 6.07 Å². The Morgan fingerprint density at radius 2 is 1.70 bits per heavy atom. The van der Waals surface area contributed by atoms with Gasteiger partial charge in [0.15, 0.2) is 0 Å². The number of hydrogen-bond acceptors (Lipinski definition) is 5. The highest BCUT2D eigenvalue weighted by Crippen LogP contribution is 2.22. The summed E-state index contributed by atoms with van der Waals surface area (Å²) in [5.41, 5.74) is 0.141. The lowest BCUT2D eigenvalue weighted by molar-refractivity contribution is -0.384. The zero-order valence-corrected chi connectivity index (χ0v) is 14.5. The molecule has 0 heterocycles. The van der Waals surface area contributed by atoms with Crippen LogP contribution in [0.1, 0.15) is 27.6 Å². The van der Waals surface area contributed by atoms with Crippen molar-refractivity contribution in [1.82, 2.24) is 0 Å². The van der Waals surface area contributed by atoms with Gasteiger partial charge in [0.2, 0.25) is 0 Å². The average Bonchev–Trinajstić information content (AvgIpc) is 2.67. The lowest BCUT2D eigenvalue weighted by Crippen LogP contribution is -2.14. The van der Waals surface area contributed by atoms with Crippen LogP contribution in [0.3, 0.4) is 0 Å². The van der Waals surface area contributed by atoms with Crippen molar-refractivity contribution in [3.8, 4) is 0 Å². The van der Waals surface area contributed by atoms with Gasteiger partial charge >= 0.3 is 5.97 Å². The van der Waals surface area contributed by atoms with E-state index in [1.807, 2.05) is 30.3 Å². The molecule has 0 saturated carbocycles. The SMILES string of the molecule is CCOC(=O)c1cc(C(=O)Nc2ccc3ccccc3c2)cc([N+](=O)[O-])c1. The molecule has 136 valence electrons. The molecule has 0 atom stereocenters. The number of hydrogen-bond donors (Lipinski definition) is 1. The minimum absolute atomic E-state index is 0.000381. The van der Waals surface area contributed by atoms with Crippen LogP contribution in [-0.4, -0.2) is 23.4 Å². The van der Waals surface area contributed by atoms with Crippen molar-refractivity contribution in [3.63, 3.8) is 0 Å². The Hall–Kier alpha value is -3.74. The van der Waals surface area contributed by atoms with Crippen LogP contribution < -0.4 is 5.32 Å². The van der Waals surface area contributed by atoms with E-state index in [-0.39, 0.29) is 23.4 Å². The molecule has 0 spiro atoms. The van der Waals surface area contributed by atoms with E-state index in [2.05, 4.69) is 5.32 Å².